The minimum Gasteiger partial charge on any atom is -0.341 e. The molecule has 0 atom stereocenters. The second-order valence-electron chi connectivity index (χ2n) is 9.58. The van der Waals surface area contributed by atoms with Crippen LogP contribution in [0.2, 0.25) is 0 Å². The molecule has 3 fully saturated rings. The molecule has 5 rings (SSSR count). The molecule has 3 aliphatic heterocycles. The Balaban J connectivity index is 1.13. The van der Waals surface area contributed by atoms with Gasteiger partial charge in [0.15, 0.2) is 0 Å². The van der Waals surface area contributed by atoms with Crippen LogP contribution in [-0.2, 0) is 22.7 Å². The molecule has 210 valence electrons. The predicted molar refractivity (Wildman–Crippen MR) is 142 cm³/mol. The van der Waals surface area contributed by atoms with Crippen molar-refractivity contribution in [2.75, 3.05) is 26.2 Å². The highest BCUT2D eigenvalue weighted by atomic mass is 33.1. The Bertz CT molecular complexity index is 1420. The molecule has 2 N–H and O–H groups in total. The number of thioether (sulfide) groups is 1. The average Bonchev–Trinajstić information content (AvgIpc) is 3.23. The zero-order chi connectivity index (χ0) is 27.9. The number of nitrogens with one attached hydrogen (secondary N) is 2. The van der Waals surface area contributed by atoms with Crippen LogP contribution < -0.4 is 22.5 Å². The Kier molecular flexibility index (Phi) is 7.58. The number of halogens is 2. The van der Waals surface area contributed by atoms with Crippen LogP contribution >= 0.6 is 33.3 Å². The number of amides is 2. The van der Waals surface area contributed by atoms with Crippen molar-refractivity contribution in [3.8, 4) is 0 Å². The maximum Gasteiger partial charge on any atom is 0.328 e. The summed E-state index contributed by atoms with van der Waals surface area (Å²) in [4.78, 5) is 78.6. The van der Waals surface area contributed by atoms with Gasteiger partial charge in [-0.25, -0.2) is 9.59 Å². The van der Waals surface area contributed by atoms with E-state index in [9.17, 15) is 37.5 Å². The summed E-state index contributed by atoms with van der Waals surface area (Å²) in [6.45, 7) is 1.19. The van der Waals surface area contributed by atoms with E-state index in [1.165, 1.54) is 0 Å². The molecule has 0 aliphatic carbocycles. The Labute approximate surface area is 230 Å². The fourth-order valence-corrected chi connectivity index (χ4v) is 11.8. The van der Waals surface area contributed by atoms with E-state index in [4.69, 9.17) is 0 Å². The molecule has 0 saturated carbocycles. The first-order chi connectivity index (χ1) is 18.5. The van der Waals surface area contributed by atoms with E-state index < -0.39 is 34.1 Å². The highest BCUT2D eigenvalue weighted by Crippen LogP contribution is 2.70. The largest absolute Gasteiger partial charge is 0.341 e. The maximum atomic E-state index is 13.5. The van der Waals surface area contributed by atoms with Crippen molar-refractivity contribution in [2.45, 2.75) is 46.9 Å². The molecule has 2 aromatic heterocycles. The molecule has 0 unspecified atom stereocenters. The Morgan fingerprint density at radius 3 is 1.44 bits per heavy atom. The smallest absolute Gasteiger partial charge is 0.328 e. The quantitative estimate of drug-likeness (QED) is 0.466. The number of hydrogen-bond donors (Lipinski definition) is 2. The molecule has 12 nitrogen and oxygen atoms in total. The summed E-state index contributed by atoms with van der Waals surface area (Å²) >= 11 is 1.87. The van der Waals surface area contributed by atoms with Gasteiger partial charge in [0.25, 0.3) is 11.1 Å². The maximum absolute atomic E-state index is 13.5. The molecular weight excluding hydrogens is 578 g/mol. The Morgan fingerprint density at radius 2 is 1.08 bits per heavy atom. The number of nitrogens with zero attached hydrogens (tertiary/aromatic N) is 4. The van der Waals surface area contributed by atoms with Crippen molar-refractivity contribution in [3.63, 3.8) is 0 Å². The number of carbonyl (C=O) groups is 2. The fraction of sp³-hybridized carbons (Fsp3) is 0.545. The third-order valence-electron chi connectivity index (χ3n) is 7.02. The van der Waals surface area contributed by atoms with Crippen LogP contribution in [0.3, 0.4) is 0 Å². The second kappa shape index (κ2) is 10.6. The Morgan fingerprint density at radius 1 is 0.718 bits per heavy atom. The van der Waals surface area contributed by atoms with Crippen molar-refractivity contribution in [3.05, 3.63) is 65.7 Å². The van der Waals surface area contributed by atoms with Crippen molar-refractivity contribution in [1.29, 1.82) is 0 Å². The summed E-state index contributed by atoms with van der Waals surface area (Å²) in [7, 11) is 3.57. The van der Waals surface area contributed by atoms with E-state index in [2.05, 4.69) is 0 Å². The normalized spacial score (nSPS) is 20.1. The van der Waals surface area contributed by atoms with E-state index in [0.717, 1.165) is 47.2 Å². The van der Waals surface area contributed by atoms with Gasteiger partial charge < -0.3 is 9.80 Å². The molecule has 0 radical (unpaired) electrons. The number of likely N-dealkylation sites (tertiary alicyclic amines) is 2. The summed E-state index contributed by atoms with van der Waals surface area (Å²) in [5.41, 5.74) is -3.93. The highest BCUT2D eigenvalue weighted by Gasteiger charge is 2.53. The molecule has 2 amide bonds. The molecule has 0 aromatic carbocycles. The topological polar surface area (TPSA) is 150 Å². The van der Waals surface area contributed by atoms with Crippen molar-refractivity contribution >= 4 is 45.2 Å². The lowest BCUT2D eigenvalue weighted by Crippen LogP contribution is -2.47. The average molecular weight is 603 g/mol. The molecule has 39 heavy (non-hydrogen) atoms. The Hall–Kier alpha value is -2.79. The van der Waals surface area contributed by atoms with Crippen LogP contribution in [0.1, 0.15) is 25.7 Å². The monoisotopic (exact) mass is 602 g/mol. The van der Waals surface area contributed by atoms with E-state index in [1.54, 1.807) is 31.4 Å². The highest BCUT2D eigenvalue weighted by molar-refractivity contribution is 8.83. The number of hydrogen-bond acceptors (Lipinski definition) is 9. The summed E-state index contributed by atoms with van der Waals surface area (Å²) in [6.07, 6.45) is 4.37. The number of H-pyrrole nitrogens is 2. The SMILES string of the molecule is O=C(Cn1cc(F)c(=O)[nH]c1=O)N1CCC2(CC1)SSC1(CCN(C(=O)Cn3cc(F)c(=O)[nH]c3=O)CC1)S2. The number of piperidine rings is 2. The summed E-state index contributed by atoms with van der Waals surface area (Å²) < 4.78 is 28.6. The molecule has 0 bridgehead atoms. The lowest BCUT2D eigenvalue weighted by molar-refractivity contribution is -0.133. The van der Waals surface area contributed by atoms with Crippen LogP contribution in [0.5, 0.6) is 0 Å². The van der Waals surface area contributed by atoms with Gasteiger partial charge in [0.1, 0.15) is 13.1 Å². The number of rotatable bonds is 4. The lowest BCUT2D eigenvalue weighted by atomic mass is 10.1. The van der Waals surface area contributed by atoms with Gasteiger partial charge in [0.05, 0.1) is 20.6 Å². The molecule has 2 spiro atoms. The van der Waals surface area contributed by atoms with Crippen LogP contribution in [0.15, 0.2) is 31.6 Å². The summed E-state index contributed by atoms with van der Waals surface area (Å²) in [5, 5.41) is 0. The first-order valence-electron chi connectivity index (χ1n) is 12.1. The number of aromatic nitrogens is 4. The van der Waals surface area contributed by atoms with E-state index >= 15 is 0 Å². The van der Waals surface area contributed by atoms with Gasteiger partial charge in [-0.3, -0.25) is 38.3 Å². The standard InChI is InChI=1S/C22H24F2N6O6S3/c23-13-9-29(19(35)25-17(13)33)11-15(31)27-5-1-21(2-6-27)37-22(39-38-21)3-7-28(8-4-22)16(32)12-30-10-14(24)18(34)26-20(30)36/h9-10H,1-8,11-12H2,(H,25,33,35)(H,26,34,36). The van der Waals surface area contributed by atoms with Gasteiger partial charge >= 0.3 is 11.4 Å². The van der Waals surface area contributed by atoms with E-state index in [0.29, 0.717) is 26.2 Å². The first-order valence-corrected chi connectivity index (χ1v) is 15.1. The number of aromatic amines is 2. The molecule has 2 aromatic rings. The molecular formula is C22H24F2N6O6S3. The van der Waals surface area contributed by atoms with Crippen LogP contribution in [0, 0.1) is 11.6 Å². The molecule has 3 aliphatic rings. The van der Waals surface area contributed by atoms with Gasteiger partial charge in [-0.1, -0.05) is 21.6 Å². The van der Waals surface area contributed by atoms with Crippen LogP contribution in [0.25, 0.3) is 0 Å². The van der Waals surface area contributed by atoms with Gasteiger partial charge in [0.2, 0.25) is 23.4 Å². The van der Waals surface area contributed by atoms with E-state index in [1.807, 2.05) is 21.7 Å². The predicted octanol–water partition coefficient (Wildman–Crippen LogP) is 0.131. The van der Waals surface area contributed by atoms with Gasteiger partial charge in [-0.2, -0.15) is 8.78 Å². The summed E-state index contributed by atoms with van der Waals surface area (Å²) in [6, 6.07) is 0. The third-order valence-corrected chi connectivity index (χ3v) is 13.9. The molecule has 3 saturated heterocycles. The van der Waals surface area contributed by atoms with Crippen LogP contribution in [-0.4, -0.2) is 75.1 Å². The second-order valence-corrected chi connectivity index (χ2v) is 14.8. The van der Waals surface area contributed by atoms with Crippen molar-refractivity contribution < 1.29 is 18.4 Å². The molecule has 5 heterocycles. The van der Waals surface area contributed by atoms with Gasteiger partial charge in [0, 0.05) is 26.2 Å². The first kappa shape index (κ1) is 27.8. The minimum absolute atomic E-state index is 0.102. The molecule has 17 heteroatoms. The van der Waals surface area contributed by atoms with E-state index in [-0.39, 0.29) is 33.1 Å². The van der Waals surface area contributed by atoms with Gasteiger partial charge in [-0.15, -0.1) is 11.8 Å². The van der Waals surface area contributed by atoms with Crippen LogP contribution in [0.4, 0.5) is 8.78 Å². The fourth-order valence-electron chi connectivity index (χ4n) is 4.78. The summed E-state index contributed by atoms with van der Waals surface area (Å²) in [5.74, 6) is -2.93. The lowest BCUT2D eigenvalue weighted by Gasteiger charge is -2.41. The number of carbonyl (C=O) groups excluding carboxylic acids is 2. The zero-order valence-corrected chi connectivity index (χ0v) is 22.9. The van der Waals surface area contributed by atoms with Crippen molar-refractivity contribution in [2.24, 2.45) is 0 Å². The van der Waals surface area contributed by atoms with Crippen molar-refractivity contribution in [1.82, 2.24) is 28.9 Å². The zero-order valence-electron chi connectivity index (χ0n) is 20.4. The third kappa shape index (κ3) is 5.75. The minimum atomic E-state index is -1.13. The van der Waals surface area contributed by atoms with Gasteiger partial charge in [-0.05, 0) is 25.7 Å².